The molecule has 8 heteroatoms. The van der Waals surface area contributed by atoms with Gasteiger partial charge >= 0.3 is 0 Å². The molecule has 0 bridgehead atoms. The predicted octanol–water partition coefficient (Wildman–Crippen LogP) is 1.71. The van der Waals surface area contributed by atoms with Crippen molar-refractivity contribution in [3.63, 3.8) is 0 Å². The number of nitrogens with one attached hydrogen (secondary N) is 2. The zero-order valence-corrected chi connectivity index (χ0v) is 15.7. The Kier molecular flexibility index (Phi) is 5.36. The lowest BCUT2D eigenvalue weighted by Crippen LogP contribution is -2.54. The summed E-state index contributed by atoms with van der Waals surface area (Å²) in [4.78, 5) is 49.9. The average molecular weight is 455 g/mol. The fraction of sp³-hybridized carbons (Fsp3) is 0.412. The van der Waals surface area contributed by atoms with Crippen molar-refractivity contribution in [2.24, 2.45) is 0 Å². The second kappa shape index (κ2) is 7.51. The van der Waals surface area contributed by atoms with Crippen LogP contribution in [0.3, 0.4) is 0 Å². The van der Waals surface area contributed by atoms with Crippen LogP contribution in [0.4, 0.5) is 5.69 Å². The molecule has 1 aromatic rings. The van der Waals surface area contributed by atoms with Gasteiger partial charge in [-0.25, -0.2) is 0 Å². The van der Waals surface area contributed by atoms with Gasteiger partial charge in [-0.2, -0.15) is 0 Å². The van der Waals surface area contributed by atoms with Crippen molar-refractivity contribution in [3.05, 3.63) is 29.3 Å². The van der Waals surface area contributed by atoms with Crippen LogP contribution in [-0.2, 0) is 9.59 Å². The molecule has 2 heterocycles. The highest BCUT2D eigenvalue weighted by Gasteiger charge is 2.45. The molecule has 0 aliphatic carbocycles. The molecule has 0 saturated carbocycles. The van der Waals surface area contributed by atoms with Crippen LogP contribution in [0.5, 0.6) is 0 Å². The maximum atomic E-state index is 12.8. The number of rotatable bonds is 6. The third-order valence-electron chi connectivity index (χ3n) is 4.34. The normalized spacial score (nSPS) is 19.9. The number of alkyl halides is 1. The van der Waals surface area contributed by atoms with E-state index in [1.807, 2.05) is 0 Å². The molecule has 0 aromatic heterocycles. The lowest BCUT2D eigenvalue weighted by atomic mass is 10.0. The number of imide groups is 2. The van der Waals surface area contributed by atoms with Gasteiger partial charge in [0.05, 0.1) is 11.1 Å². The van der Waals surface area contributed by atoms with Gasteiger partial charge in [0.2, 0.25) is 11.8 Å². The topological polar surface area (TPSA) is 95.6 Å². The van der Waals surface area contributed by atoms with Crippen molar-refractivity contribution in [2.45, 2.75) is 31.7 Å². The van der Waals surface area contributed by atoms with Gasteiger partial charge in [0.1, 0.15) is 6.04 Å². The molecule has 4 amide bonds. The molecule has 2 N–H and O–H groups in total. The first-order chi connectivity index (χ1) is 12.0. The summed E-state index contributed by atoms with van der Waals surface area (Å²) in [5, 5.41) is 5.41. The Morgan fingerprint density at radius 2 is 1.96 bits per heavy atom. The summed E-state index contributed by atoms with van der Waals surface area (Å²) in [6.07, 6.45) is 2.31. The molecule has 25 heavy (non-hydrogen) atoms. The lowest BCUT2D eigenvalue weighted by molar-refractivity contribution is -0.136. The van der Waals surface area contributed by atoms with E-state index in [4.69, 9.17) is 0 Å². The minimum atomic E-state index is -0.933. The maximum absolute atomic E-state index is 12.8. The Balaban J connectivity index is 1.84. The van der Waals surface area contributed by atoms with Gasteiger partial charge in [0, 0.05) is 18.7 Å². The van der Waals surface area contributed by atoms with Gasteiger partial charge in [-0.05, 0) is 35.8 Å². The quantitative estimate of drug-likeness (QED) is 0.295. The number of amides is 4. The first kappa shape index (κ1) is 17.8. The minimum absolute atomic E-state index is 0.116. The highest BCUT2D eigenvalue weighted by Crippen LogP contribution is 2.32. The van der Waals surface area contributed by atoms with Gasteiger partial charge in [0.15, 0.2) is 0 Å². The van der Waals surface area contributed by atoms with Gasteiger partial charge < -0.3 is 5.32 Å². The molecule has 3 rings (SSSR count). The smallest absolute Gasteiger partial charge is 0.264 e. The summed E-state index contributed by atoms with van der Waals surface area (Å²) in [6, 6.07) is 4.15. The summed E-state index contributed by atoms with van der Waals surface area (Å²) < 4.78 is 1.06. The zero-order chi connectivity index (χ0) is 18.0. The summed E-state index contributed by atoms with van der Waals surface area (Å²) >= 11 is 2.31. The number of hydrogen-bond acceptors (Lipinski definition) is 5. The van der Waals surface area contributed by atoms with E-state index in [0.29, 0.717) is 23.4 Å². The number of anilines is 1. The van der Waals surface area contributed by atoms with Crippen LogP contribution < -0.4 is 10.6 Å². The number of unbranched alkanes of at least 4 members (excludes halogenated alkanes) is 1. The van der Waals surface area contributed by atoms with Crippen LogP contribution in [-0.4, -0.2) is 45.5 Å². The average Bonchev–Trinajstić information content (AvgIpc) is 2.84. The Labute approximate surface area is 158 Å². The number of hydrogen-bond donors (Lipinski definition) is 2. The molecule has 0 spiro atoms. The molecule has 2 aliphatic heterocycles. The largest absolute Gasteiger partial charge is 0.384 e. The van der Waals surface area contributed by atoms with Gasteiger partial charge in [-0.3, -0.25) is 29.4 Å². The van der Waals surface area contributed by atoms with Gasteiger partial charge in [-0.1, -0.05) is 28.7 Å². The van der Waals surface area contributed by atoms with Crippen molar-refractivity contribution in [1.82, 2.24) is 10.2 Å². The first-order valence-corrected chi connectivity index (χ1v) is 9.71. The van der Waals surface area contributed by atoms with Crippen molar-refractivity contribution >= 4 is 51.9 Å². The third-order valence-corrected chi connectivity index (χ3v) is 5.11. The highest BCUT2D eigenvalue weighted by molar-refractivity contribution is 14.1. The van der Waals surface area contributed by atoms with Crippen LogP contribution in [0.1, 0.15) is 46.4 Å². The van der Waals surface area contributed by atoms with Crippen LogP contribution >= 0.6 is 22.6 Å². The van der Waals surface area contributed by atoms with E-state index in [-0.39, 0.29) is 18.7 Å². The fourth-order valence-electron chi connectivity index (χ4n) is 3.10. The van der Waals surface area contributed by atoms with Gasteiger partial charge in [0.25, 0.3) is 11.8 Å². The predicted molar refractivity (Wildman–Crippen MR) is 99.7 cm³/mol. The van der Waals surface area contributed by atoms with E-state index < -0.39 is 23.8 Å². The molecule has 132 valence electrons. The van der Waals surface area contributed by atoms with Crippen LogP contribution in [0.15, 0.2) is 18.2 Å². The summed E-state index contributed by atoms with van der Waals surface area (Å²) in [5.41, 5.74) is 1.22. The monoisotopic (exact) mass is 455 g/mol. The van der Waals surface area contributed by atoms with Gasteiger partial charge in [-0.15, -0.1) is 0 Å². The number of carbonyl (C=O) groups excluding carboxylic acids is 4. The summed E-state index contributed by atoms with van der Waals surface area (Å²) in [6.45, 7) is 0.708. The Morgan fingerprint density at radius 1 is 1.16 bits per heavy atom. The second-order valence-corrected chi connectivity index (χ2v) is 7.08. The van der Waals surface area contributed by atoms with Crippen LogP contribution in [0.25, 0.3) is 0 Å². The Bertz CT molecular complexity index is 749. The fourth-order valence-corrected chi connectivity index (χ4v) is 3.64. The van der Waals surface area contributed by atoms with E-state index >= 15 is 0 Å². The van der Waals surface area contributed by atoms with Crippen molar-refractivity contribution < 1.29 is 19.2 Å². The molecular weight excluding hydrogens is 437 g/mol. The summed E-state index contributed by atoms with van der Waals surface area (Å²) in [5.74, 6) is -1.94. The van der Waals surface area contributed by atoms with E-state index in [9.17, 15) is 19.2 Å². The van der Waals surface area contributed by atoms with E-state index in [2.05, 4.69) is 33.2 Å². The van der Waals surface area contributed by atoms with E-state index in [1.54, 1.807) is 18.2 Å². The number of nitrogens with zero attached hydrogens (tertiary/aromatic N) is 1. The molecule has 1 fully saturated rings. The first-order valence-electron chi connectivity index (χ1n) is 8.19. The van der Waals surface area contributed by atoms with E-state index in [1.165, 1.54) is 0 Å². The van der Waals surface area contributed by atoms with E-state index in [0.717, 1.165) is 22.2 Å². The number of benzene rings is 1. The Hall–Kier alpha value is -1.97. The summed E-state index contributed by atoms with van der Waals surface area (Å²) in [7, 11) is 0. The molecule has 1 saturated heterocycles. The SMILES string of the molecule is O=C1CCC(N2C(=O)c3cccc(NCCCCI)c3C2=O)C(=O)N1. The highest BCUT2D eigenvalue weighted by atomic mass is 127. The van der Waals surface area contributed by atoms with Crippen LogP contribution in [0, 0.1) is 0 Å². The molecule has 0 radical (unpaired) electrons. The third kappa shape index (κ3) is 3.39. The molecule has 7 nitrogen and oxygen atoms in total. The number of piperidine rings is 1. The zero-order valence-electron chi connectivity index (χ0n) is 13.5. The van der Waals surface area contributed by atoms with Crippen LogP contribution in [0.2, 0.25) is 0 Å². The lowest BCUT2D eigenvalue weighted by Gasteiger charge is -2.27. The molecular formula is C17H18IN3O4. The Morgan fingerprint density at radius 3 is 2.68 bits per heavy atom. The van der Waals surface area contributed by atoms with Crippen molar-refractivity contribution in [2.75, 3.05) is 16.3 Å². The maximum Gasteiger partial charge on any atom is 0.264 e. The van der Waals surface area contributed by atoms with Crippen molar-refractivity contribution in [1.29, 1.82) is 0 Å². The van der Waals surface area contributed by atoms with Crippen molar-refractivity contribution in [3.8, 4) is 0 Å². The molecule has 1 unspecified atom stereocenters. The number of fused-ring (bicyclic) bond motifs is 1. The standard InChI is InChI=1S/C17H18IN3O4/c18-8-1-2-9-19-11-5-3-4-10-14(11)17(25)21(16(10)24)12-6-7-13(22)20-15(12)23/h3-5,12,19H,1-2,6-9H2,(H,20,22,23). The second-order valence-electron chi connectivity index (χ2n) is 6.00. The number of halogens is 1. The molecule has 1 atom stereocenters. The minimum Gasteiger partial charge on any atom is -0.384 e. The number of carbonyl (C=O) groups is 4. The molecule has 1 aromatic carbocycles. The molecule has 2 aliphatic rings.